The van der Waals surface area contributed by atoms with Gasteiger partial charge in [-0.1, -0.05) is 24.3 Å². The molecule has 3 aromatic rings. The number of ether oxygens (including phenoxy) is 2. The maximum Gasteiger partial charge on any atom is 0.127 e. The van der Waals surface area contributed by atoms with Gasteiger partial charge in [0.1, 0.15) is 11.5 Å². The Morgan fingerprint density at radius 2 is 1.62 bits per heavy atom. The van der Waals surface area contributed by atoms with Crippen LogP contribution in [0.25, 0.3) is 0 Å². The van der Waals surface area contributed by atoms with E-state index in [9.17, 15) is 4.21 Å². The van der Waals surface area contributed by atoms with Gasteiger partial charge in [-0.2, -0.15) is 0 Å². The zero-order valence-electron chi connectivity index (χ0n) is 19.1. The predicted octanol–water partition coefficient (Wildman–Crippen LogP) is 5.12. The first-order valence-electron chi connectivity index (χ1n) is 10.9. The third-order valence-corrected chi connectivity index (χ3v) is 7.53. The van der Waals surface area contributed by atoms with E-state index >= 15 is 0 Å². The molecule has 1 heterocycles. The minimum absolute atomic E-state index is 0.669. The molecule has 5 nitrogen and oxygen atoms in total. The third kappa shape index (κ3) is 4.12. The van der Waals surface area contributed by atoms with E-state index in [1.54, 1.807) is 14.2 Å². The van der Waals surface area contributed by atoms with Crippen molar-refractivity contribution in [2.45, 2.75) is 36.6 Å². The van der Waals surface area contributed by atoms with E-state index < -0.39 is 10.8 Å². The first-order valence-corrected chi connectivity index (χ1v) is 12.0. The summed E-state index contributed by atoms with van der Waals surface area (Å²) >= 11 is 0. The van der Waals surface area contributed by atoms with Crippen molar-refractivity contribution in [3.63, 3.8) is 0 Å². The highest BCUT2D eigenvalue weighted by atomic mass is 32.2. The average Bonchev–Trinajstić information content (AvgIpc) is 2.82. The van der Waals surface area contributed by atoms with E-state index in [4.69, 9.17) is 9.47 Å². The standard InChI is InChI=1S/C26H30N2O3S/c1-18-13-14-25-26(19(18)2)28(21-9-5-6-12-24(21)32(25)29)16-8-15-27-17-20-22(30-3)10-7-11-23(20)31-4/h5-7,9-14,27H,8,15-17H2,1-4H3. The van der Waals surface area contributed by atoms with Crippen molar-refractivity contribution in [3.05, 3.63) is 71.3 Å². The van der Waals surface area contributed by atoms with Gasteiger partial charge in [-0.25, -0.2) is 4.21 Å². The Morgan fingerprint density at radius 3 is 2.34 bits per heavy atom. The average molecular weight is 451 g/mol. The first kappa shape index (κ1) is 22.4. The van der Waals surface area contributed by atoms with Crippen LogP contribution < -0.4 is 19.7 Å². The largest absolute Gasteiger partial charge is 0.496 e. The summed E-state index contributed by atoms with van der Waals surface area (Å²) in [5.74, 6) is 1.65. The minimum atomic E-state index is -1.16. The molecule has 1 aliphatic heterocycles. The maximum atomic E-state index is 13.2. The number of rotatable bonds is 8. The molecule has 0 fully saturated rings. The molecule has 0 amide bonds. The van der Waals surface area contributed by atoms with Crippen molar-refractivity contribution in [2.24, 2.45) is 0 Å². The van der Waals surface area contributed by atoms with Crippen molar-refractivity contribution in [1.29, 1.82) is 0 Å². The highest BCUT2D eigenvalue weighted by Gasteiger charge is 2.29. The van der Waals surface area contributed by atoms with Crippen LogP contribution in [0.2, 0.25) is 0 Å². The number of benzene rings is 3. The molecule has 3 aromatic carbocycles. The van der Waals surface area contributed by atoms with E-state index in [1.807, 2.05) is 42.5 Å². The number of para-hydroxylation sites is 1. The highest BCUT2D eigenvalue weighted by molar-refractivity contribution is 7.85. The molecule has 0 spiro atoms. The Hall–Kier alpha value is -2.83. The molecule has 0 saturated carbocycles. The van der Waals surface area contributed by atoms with Crippen LogP contribution in [-0.4, -0.2) is 31.5 Å². The van der Waals surface area contributed by atoms with Crippen molar-refractivity contribution in [1.82, 2.24) is 5.32 Å². The van der Waals surface area contributed by atoms with Gasteiger partial charge < -0.3 is 19.7 Å². The molecule has 1 unspecified atom stereocenters. The van der Waals surface area contributed by atoms with Gasteiger partial charge in [0.05, 0.1) is 46.2 Å². The van der Waals surface area contributed by atoms with E-state index in [0.29, 0.717) is 6.54 Å². The second kappa shape index (κ2) is 9.76. The molecule has 1 atom stereocenters. The van der Waals surface area contributed by atoms with E-state index in [0.717, 1.165) is 57.7 Å². The fourth-order valence-corrected chi connectivity index (χ4v) is 5.68. The number of fused-ring (bicyclic) bond motifs is 2. The first-order chi connectivity index (χ1) is 15.6. The molecule has 0 radical (unpaired) electrons. The van der Waals surface area contributed by atoms with Gasteiger partial charge in [0.15, 0.2) is 0 Å². The van der Waals surface area contributed by atoms with Crippen LogP contribution in [0, 0.1) is 13.8 Å². The molecule has 0 bridgehead atoms. The smallest absolute Gasteiger partial charge is 0.127 e. The van der Waals surface area contributed by atoms with E-state index in [-0.39, 0.29) is 0 Å². The zero-order chi connectivity index (χ0) is 22.7. The number of anilines is 2. The van der Waals surface area contributed by atoms with Crippen LogP contribution in [-0.2, 0) is 17.3 Å². The van der Waals surface area contributed by atoms with Gasteiger partial charge in [-0.3, -0.25) is 0 Å². The van der Waals surface area contributed by atoms with Crippen LogP contribution in [0.4, 0.5) is 11.4 Å². The second-order valence-corrected chi connectivity index (χ2v) is 9.33. The molecule has 0 saturated heterocycles. The normalized spacial score (nSPS) is 14.6. The lowest BCUT2D eigenvalue weighted by Crippen LogP contribution is -2.28. The molecule has 168 valence electrons. The lowest BCUT2D eigenvalue weighted by Gasteiger charge is -2.34. The van der Waals surface area contributed by atoms with Gasteiger partial charge in [-0.05, 0) is 68.3 Å². The van der Waals surface area contributed by atoms with Gasteiger partial charge in [0, 0.05) is 18.7 Å². The Morgan fingerprint density at radius 1 is 0.906 bits per heavy atom. The summed E-state index contributed by atoms with van der Waals surface area (Å²) in [7, 11) is 2.20. The van der Waals surface area contributed by atoms with Crippen molar-refractivity contribution < 1.29 is 13.7 Å². The van der Waals surface area contributed by atoms with Crippen LogP contribution in [0.5, 0.6) is 11.5 Å². The SMILES string of the molecule is COc1cccc(OC)c1CNCCCN1c2ccccc2S(=O)c2ccc(C)c(C)c21. The maximum absolute atomic E-state index is 13.2. The summed E-state index contributed by atoms with van der Waals surface area (Å²) in [6.45, 7) is 6.57. The summed E-state index contributed by atoms with van der Waals surface area (Å²) in [5.41, 5.74) is 5.56. The van der Waals surface area contributed by atoms with Crippen LogP contribution in [0.15, 0.2) is 64.4 Å². The van der Waals surface area contributed by atoms with Crippen LogP contribution >= 0.6 is 0 Å². The summed E-state index contributed by atoms with van der Waals surface area (Å²) in [6.07, 6.45) is 0.936. The van der Waals surface area contributed by atoms with Gasteiger partial charge in [0.2, 0.25) is 0 Å². The van der Waals surface area contributed by atoms with Crippen LogP contribution in [0.3, 0.4) is 0 Å². The molecule has 0 aromatic heterocycles. The molecule has 32 heavy (non-hydrogen) atoms. The Balaban J connectivity index is 1.50. The molecule has 0 aliphatic carbocycles. The second-order valence-electron chi connectivity index (χ2n) is 7.91. The Kier molecular flexibility index (Phi) is 6.82. The number of aryl methyl sites for hydroxylation is 1. The summed E-state index contributed by atoms with van der Waals surface area (Å²) in [6, 6.07) is 17.9. The Labute approximate surface area is 192 Å². The number of hydrogen-bond donors (Lipinski definition) is 1. The van der Waals surface area contributed by atoms with Crippen LogP contribution in [0.1, 0.15) is 23.1 Å². The zero-order valence-corrected chi connectivity index (χ0v) is 19.9. The van der Waals surface area contributed by atoms with Crippen molar-refractivity contribution >= 4 is 22.2 Å². The quantitative estimate of drug-likeness (QED) is 0.483. The predicted molar refractivity (Wildman–Crippen MR) is 130 cm³/mol. The molecular weight excluding hydrogens is 420 g/mol. The summed E-state index contributed by atoms with van der Waals surface area (Å²) in [4.78, 5) is 4.12. The van der Waals surface area contributed by atoms with Crippen molar-refractivity contribution in [2.75, 3.05) is 32.2 Å². The number of nitrogens with zero attached hydrogens (tertiary/aromatic N) is 1. The number of nitrogens with one attached hydrogen (secondary N) is 1. The fraction of sp³-hybridized carbons (Fsp3) is 0.308. The van der Waals surface area contributed by atoms with E-state index in [1.165, 1.54) is 11.1 Å². The molecule has 6 heteroatoms. The molecule has 4 rings (SSSR count). The Bertz CT molecular complexity index is 1120. The van der Waals surface area contributed by atoms with Gasteiger partial charge in [0.25, 0.3) is 0 Å². The molecule has 1 N–H and O–H groups in total. The van der Waals surface area contributed by atoms with Crippen molar-refractivity contribution in [3.8, 4) is 11.5 Å². The topological polar surface area (TPSA) is 50.8 Å². The number of methoxy groups -OCH3 is 2. The van der Waals surface area contributed by atoms with Gasteiger partial charge >= 0.3 is 0 Å². The lowest BCUT2D eigenvalue weighted by molar-refractivity contribution is 0.382. The van der Waals surface area contributed by atoms with Gasteiger partial charge in [-0.15, -0.1) is 0 Å². The molecular formula is C26H30N2O3S. The summed E-state index contributed by atoms with van der Waals surface area (Å²) in [5, 5.41) is 3.53. The minimum Gasteiger partial charge on any atom is -0.496 e. The highest BCUT2D eigenvalue weighted by Crippen LogP contribution is 2.44. The summed E-state index contributed by atoms with van der Waals surface area (Å²) < 4.78 is 24.2. The number of hydrogen-bond acceptors (Lipinski definition) is 5. The lowest BCUT2D eigenvalue weighted by atomic mass is 10.1. The monoisotopic (exact) mass is 450 g/mol. The third-order valence-electron chi connectivity index (χ3n) is 6.06. The van der Waals surface area contributed by atoms with E-state index in [2.05, 4.69) is 36.2 Å². The molecule has 1 aliphatic rings. The fourth-order valence-electron chi connectivity index (χ4n) is 4.25.